The Morgan fingerprint density at radius 2 is 1.69 bits per heavy atom. The predicted molar refractivity (Wildman–Crippen MR) is 128 cm³/mol. The van der Waals surface area contributed by atoms with Crippen LogP contribution in [0.1, 0.15) is 44.2 Å². The van der Waals surface area contributed by atoms with E-state index in [1.165, 1.54) is 33.6 Å². The zero-order valence-electron chi connectivity index (χ0n) is 17.4. The van der Waals surface area contributed by atoms with Gasteiger partial charge in [-0.1, -0.05) is 111 Å². The first-order valence-corrected chi connectivity index (χ1v) is 10.4. The van der Waals surface area contributed by atoms with Crippen LogP contribution in [0.15, 0.2) is 95.6 Å². The molecule has 0 saturated carbocycles. The highest BCUT2D eigenvalue weighted by Gasteiger charge is 2.08. The Bertz CT molecular complexity index is 1090. The van der Waals surface area contributed by atoms with E-state index < -0.39 is 0 Å². The summed E-state index contributed by atoms with van der Waals surface area (Å²) in [5, 5.41) is 2.58. The van der Waals surface area contributed by atoms with Crippen molar-refractivity contribution in [3.05, 3.63) is 112 Å². The van der Waals surface area contributed by atoms with Crippen molar-refractivity contribution in [1.82, 2.24) is 0 Å². The van der Waals surface area contributed by atoms with Gasteiger partial charge in [0.2, 0.25) is 0 Å². The molecule has 1 nitrogen and oxygen atoms in total. The van der Waals surface area contributed by atoms with Crippen LogP contribution in [-0.4, -0.2) is 6.72 Å². The molecular weight excluding hydrogens is 350 g/mol. The monoisotopic (exact) mass is 379 g/mol. The van der Waals surface area contributed by atoms with Gasteiger partial charge in [-0.3, -0.25) is 4.99 Å². The fourth-order valence-corrected chi connectivity index (χ4v) is 3.52. The third-order valence-corrected chi connectivity index (χ3v) is 4.82. The maximum absolute atomic E-state index is 4.29. The average Bonchev–Trinajstić information content (AvgIpc) is 2.99. The van der Waals surface area contributed by atoms with E-state index in [0.29, 0.717) is 0 Å². The SMILES string of the molecule is C=N/C(=C1/C=CC=CC1)c1ccc(C2=c3ccccc3=CCC=C2)cc1.CCC. The molecule has 0 radical (unpaired) electrons. The summed E-state index contributed by atoms with van der Waals surface area (Å²) in [4.78, 5) is 4.29. The second-order valence-electron chi connectivity index (χ2n) is 7.15. The Hall–Kier alpha value is -3.19. The van der Waals surface area contributed by atoms with Crippen molar-refractivity contribution in [3.63, 3.8) is 0 Å². The lowest BCUT2D eigenvalue weighted by Gasteiger charge is -2.10. The number of fused-ring (bicyclic) bond motifs is 1. The molecule has 2 aromatic carbocycles. The Kier molecular flexibility index (Phi) is 7.35. The van der Waals surface area contributed by atoms with Gasteiger partial charge in [-0.2, -0.15) is 0 Å². The summed E-state index contributed by atoms with van der Waals surface area (Å²) in [6, 6.07) is 17.3. The highest BCUT2D eigenvalue weighted by atomic mass is 14.7. The molecule has 0 N–H and O–H groups in total. The second kappa shape index (κ2) is 10.4. The zero-order chi connectivity index (χ0) is 20.5. The van der Waals surface area contributed by atoms with Gasteiger partial charge >= 0.3 is 0 Å². The molecule has 0 spiro atoms. The second-order valence-corrected chi connectivity index (χ2v) is 7.15. The van der Waals surface area contributed by atoms with Crippen molar-refractivity contribution in [3.8, 4) is 0 Å². The maximum atomic E-state index is 4.29. The number of rotatable bonds is 3. The van der Waals surface area contributed by atoms with E-state index in [2.05, 4.69) is 117 Å². The summed E-state index contributed by atoms with van der Waals surface area (Å²) in [5.74, 6) is 0. The third-order valence-electron chi connectivity index (χ3n) is 4.82. The Balaban J connectivity index is 0.000000755. The summed E-state index contributed by atoms with van der Waals surface area (Å²) >= 11 is 0. The van der Waals surface area contributed by atoms with Gasteiger partial charge in [0.05, 0.1) is 5.70 Å². The molecule has 2 aromatic rings. The van der Waals surface area contributed by atoms with Gasteiger partial charge in [0.25, 0.3) is 0 Å². The molecule has 0 heterocycles. The van der Waals surface area contributed by atoms with Crippen molar-refractivity contribution >= 4 is 24.1 Å². The van der Waals surface area contributed by atoms with Crippen molar-refractivity contribution in [2.24, 2.45) is 4.99 Å². The molecule has 146 valence electrons. The van der Waals surface area contributed by atoms with E-state index in [9.17, 15) is 0 Å². The highest BCUT2D eigenvalue weighted by Crippen LogP contribution is 2.26. The van der Waals surface area contributed by atoms with E-state index in [0.717, 1.165) is 24.1 Å². The molecule has 1 heteroatoms. The first-order valence-electron chi connectivity index (χ1n) is 10.4. The molecule has 0 aromatic heterocycles. The lowest BCUT2D eigenvalue weighted by molar-refractivity contribution is 1.09. The van der Waals surface area contributed by atoms with E-state index in [1.807, 2.05) is 0 Å². The number of benzene rings is 2. The first-order chi connectivity index (χ1) is 14.3. The van der Waals surface area contributed by atoms with Crippen molar-refractivity contribution in [2.45, 2.75) is 33.1 Å². The average molecular weight is 380 g/mol. The molecule has 2 aliphatic rings. The van der Waals surface area contributed by atoms with E-state index >= 15 is 0 Å². The van der Waals surface area contributed by atoms with Crippen LogP contribution in [0.5, 0.6) is 0 Å². The minimum atomic E-state index is 0.899. The van der Waals surface area contributed by atoms with Crippen molar-refractivity contribution < 1.29 is 0 Å². The maximum Gasteiger partial charge on any atom is 0.0729 e. The van der Waals surface area contributed by atoms with Gasteiger partial charge in [-0.05, 0) is 46.7 Å². The van der Waals surface area contributed by atoms with Crippen LogP contribution >= 0.6 is 0 Å². The van der Waals surface area contributed by atoms with Crippen molar-refractivity contribution in [1.29, 1.82) is 0 Å². The van der Waals surface area contributed by atoms with Gasteiger partial charge in [0.15, 0.2) is 0 Å². The molecule has 0 fully saturated rings. The summed E-state index contributed by atoms with van der Waals surface area (Å²) in [6.45, 7) is 8.03. The topological polar surface area (TPSA) is 12.4 Å². The van der Waals surface area contributed by atoms with E-state index in [1.54, 1.807) is 0 Å². The molecule has 0 bridgehead atoms. The number of nitrogens with zero attached hydrogens (tertiary/aromatic N) is 1. The quantitative estimate of drug-likeness (QED) is 0.583. The van der Waals surface area contributed by atoms with Gasteiger partial charge in [0, 0.05) is 5.56 Å². The van der Waals surface area contributed by atoms with Crippen LogP contribution in [0, 0.1) is 0 Å². The largest absolute Gasteiger partial charge is 0.264 e. The molecule has 0 aliphatic heterocycles. The van der Waals surface area contributed by atoms with Crippen LogP contribution in [0.3, 0.4) is 0 Å². The lowest BCUT2D eigenvalue weighted by atomic mass is 9.97. The Morgan fingerprint density at radius 1 is 0.931 bits per heavy atom. The minimum absolute atomic E-state index is 0.899. The van der Waals surface area contributed by atoms with Gasteiger partial charge in [-0.15, -0.1) is 0 Å². The van der Waals surface area contributed by atoms with Crippen LogP contribution in [-0.2, 0) is 0 Å². The van der Waals surface area contributed by atoms with E-state index in [-0.39, 0.29) is 0 Å². The molecular formula is C28H29N. The van der Waals surface area contributed by atoms with Gasteiger partial charge in [0.1, 0.15) is 0 Å². The van der Waals surface area contributed by atoms with Crippen LogP contribution in [0.2, 0.25) is 0 Å². The van der Waals surface area contributed by atoms with Crippen molar-refractivity contribution in [2.75, 3.05) is 0 Å². The number of aliphatic imine (C=N–C) groups is 1. The van der Waals surface area contributed by atoms with Crippen LogP contribution < -0.4 is 10.4 Å². The third kappa shape index (κ3) is 5.00. The van der Waals surface area contributed by atoms with Gasteiger partial charge in [-0.25, -0.2) is 0 Å². The normalized spacial score (nSPS) is 16.1. The summed E-state index contributed by atoms with van der Waals surface area (Å²) in [5.41, 5.74) is 5.77. The summed E-state index contributed by atoms with van der Waals surface area (Å²) in [6.07, 6.45) is 18.2. The minimum Gasteiger partial charge on any atom is -0.264 e. The van der Waals surface area contributed by atoms with Crippen LogP contribution in [0.4, 0.5) is 0 Å². The molecule has 29 heavy (non-hydrogen) atoms. The lowest BCUT2D eigenvalue weighted by Crippen LogP contribution is -2.25. The fourth-order valence-electron chi connectivity index (χ4n) is 3.52. The summed E-state index contributed by atoms with van der Waals surface area (Å²) in [7, 11) is 0. The smallest absolute Gasteiger partial charge is 0.0729 e. The number of allylic oxidation sites excluding steroid dienone is 7. The summed E-state index contributed by atoms with van der Waals surface area (Å²) < 4.78 is 0. The molecule has 4 rings (SSSR count). The van der Waals surface area contributed by atoms with E-state index in [4.69, 9.17) is 0 Å². The van der Waals surface area contributed by atoms with Gasteiger partial charge < -0.3 is 0 Å². The molecule has 2 aliphatic carbocycles. The Labute approximate surface area is 174 Å². The molecule has 0 saturated heterocycles. The van der Waals surface area contributed by atoms with Crippen LogP contribution in [0.25, 0.3) is 17.3 Å². The molecule has 0 amide bonds. The fraction of sp³-hybridized carbons (Fsp3) is 0.179. The number of hydrogen-bond donors (Lipinski definition) is 0. The molecule has 0 unspecified atom stereocenters. The standard InChI is InChI=1S/C25H21N.C3H8/c1-26-25(21-11-3-2-4-12-21)22-17-15-20(16-18-22)24-14-8-6-10-19-9-5-7-13-23(19)24;1-3-2/h2-5,7-11,13-18H,1,6,12H2;3H2,1-2H3/b25-21-;. The highest BCUT2D eigenvalue weighted by molar-refractivity contribution is 5.78. The Morgan fingerprint density at radius 3 is 2.38 bits per heavy atom. The number of hydrogen-bond acceptors (Lipinski definition) is 1. The first kappa shape index (κ1) is 20.5. The molecule has 0 atom stereocenters. The zero-order valence-corrected chi connectivity index (χ0v) is 17.4. The predicted octanol–water partition coefficient (Wildman–Crippen LogP) is 5.97.